The van der Waals surface area contributed by atoms with Crippen LogP contribution in [0.15, 0.2) is 17.2 Å². The van der Waals surface area contributed by atoms with E-state index >= 15 is 0 Å². The molecule has 7 nitrogen and oxygen atoms in total. The monoisotopic (exact) mass is 261 g/mol. The molecular formula is C10H9BFN5O2. The summed E-state index contributed by atoms with van der Waals surface area (Å²) in [5, 5.41) is 28.9. The predicted molar refractivity (Wildman–Crippen MR) is 67.4 cm³/mol. The molecule has 0 spiro atoms. The van der Waals surface area contributed by atoms with Gasteiger partial charge in [0, 0.05) is 5.56 Å². The Bertz CT molecular complexity index is 613. The summed E-state index contributed by atoms with van der Waals surface area (Å²) in [5.74, 6) is -1.08. The van der Waals surface area contributed by atoms with Crippen LogP contribution < -0.4 is 16.6 Å². The number of hydrazone groups is 1. The van der Waals surface area contributed by atoms with Gasteiger partial charge in [-0.05, 0) is 17.6 Å². The average molecular weight is 261 g/mol. The lowest BCUT2D eigenvalue weighted by atomic mass is 9.79. The number of fused-ring (bicyclic) bond motifs is 1. The Labute approximate surface area is 108 Å². The number of nitrogens with one attached hydrogen (secondary N) is 2. The van der Waals surface area contributed by atoms with Crippen LogP contribution in [0.4, 0.5) is 10.1 Å². The number of halogens is 1. The lowest BCUT2D eigenvalue weighted by Crippen LogP contribution is -2.28. The molecule has 9 heteroatoms. The Hall–Kier alpha value is -2.44. The topological polar surface area (TPSA) is 128 Å². The minimum atomic E-state index is -1.18. The fourth-order valence-corrected chi connectivity index (χ4v) is 1.65. The Kier molecular flexibility index (Phi) is 3.46. The predicted octanol–water partition coefficient (Wildman–Crippen LogP) is -0.729. The summed E-state index contributed by atoms with van der Waals surface area (Å²) in [7, 11) is -1.18. The van der Waals surface area contributed by atoms with Gasteiger partial charge in [0.15, 0.2) is 5.84 Å². The zero-order chi connectivity index (χ0) is 14.0. The Balaban J connectivity index is 2.35. The molecule has 19 heavy (non-hydrogen) atoms. The first-order chi connectivity index (χ1) is 9.02. The van der Waals surface area contributed by atoms with Crippen molar-refractivity contribution in [2.45, 2.75) is 6.61 Å². The molecule has 0 aromatic heterocycles. The highest BCUT2D eigenvalue weighted by molar-refractivity contribution is 6.61. The minimum absolute atomic E-state index is 0.0938. The molecule has 1 aromatic rings. The summed E-state index contributed by atoms with van der Waals surface area (Å²) in [4.78, 5) is 0. The molecule has 1 aromatic carbocycles. The molecule has 0 saturated heterocycles. The number of anilines is 1. The second-order valence-electron chi connectivity index (χ2n) is 3.78. The highest BCUT2D eigenvalue weighted by atomic mass is 19.1. The summed E-state index contributed by atoms with van der Waals surface area (Å²) in [5.41, 5.74) is 8.35. The number of rotatable bonds is 3. The van der Waals surface area contributed by atoms with Gasteiger partial charge in [-0.15, -0.1) is 0 Å². The van der Waals surface area contributed by atoms with Crippen molar-refractivity contribution < 1.29 is 14.1 Å². The van der Waals surface area contributed by atoms with Crippen LogP contribution >= 0.6 is 0 Å². The standard InChI is InChI=1S/C10H9BFN5O2/c12-5-1-7-6(4-19-11(7)18)8(2-5)16-17-9(3-13)10(14)15/h1-2,16,18H,4H2,(H3,14,15)/b17-9+. The molecule has 5 N–H and O–H groups in total. The molecule has 1 aliphatic rings. The zero-order valence-electron chi connectivity index (χ0n) is 9.64. The highest BCUT2D eigenvalue weighted by Gasteiger charge is 2.30. The van der Waals surface area contributed by atoms with Gasteiger partial charge in [-0.1, -0.05) is 0 Å². The maximum absolute atomic E-state index is 13.4. The van der Waals surface area contributed by atoms with Crippen LogP contribution in [-0.4, -0.2) is 23.7 Å². The molecule has 96 valence electrons. The van der Waals surface area contributed by atoms with Crippen LogP contribution in [0.25, 0.3) is 0 Å². The molecule has 0 aliphatic carbocycles. The van der Waals surface area contributed by atoms with E-state index in [0.29, 0.717) is 11.0 Å². The van der Waals surface area contributed by atoms with Crippen molar-refractivity contribution in [3.05, 3.63) is 23.5 Å². The van der Waals surface area contributed by atoms with E-state index in [0.717, 1.165) is 12.1 Å². The summed E-state index contributed by atoms with van der Waals surface area (Å²) < 4.78 is 18.3. The minimum Gasteiger partial charge on any atom is -0.423 e. The third-order valence-corrected chi connectivity index (χ3v) is 2.55. The largest absolute Gasteiger partial charge is 0.491 e. The number of nitrogens with two attached hydrogens (primary N) is 1. The smallest absolute Gasteiger partial charge is 0.423 e. The fourth-order valence-electron chi connectivity index (χ4n) is 1.65. The van der Waals surface area contributed by atoms with Gasteiger partial charge in [0.1, 0.15) is 11.9 Å². The first kappa shape index (κ1) is 13.0. The Morgan fingerprint density at radius 2 is 2.42 bits per heavy atom. The molecule has 2 rings (SSSR count). The number of benzene rings is 1. The van der Waals surface area contributed by atoms with E-state index < -0.39 is 18.8 Å². The second kappa shape index (κ2) is 5.05. The molecule has 1 heterocycles. The van der Waals surface area contributed by atoms with Crippen LogP contribution in [0.5, 0.6) is 0 Å². The normalized spacial score (nSPS) is 13.9. The van der Waals surface area contributed by atoms with Crippen molar-refractivity contribution in [3.63, 3.8) is 0 Å². The van der Waals surface area contributed by atoms with Gasteiger partial charge in [0.25, 0.3) is 0 Å². The van der Waals surface area contributed by atoms with Gasteiger partial charge in [0.05, 0.1) is 12.3 Å². The summed E-state index contributed by atoms with van der Waals surface area (Å²) in [6, 6.07) is 3.94. The van der Waals surface area contributed by atoms with Gasteiger partial charge in [0.2, 0.25) is 5.71 Å². The van der Waals surface area contributed by atoms with E-state index in [1.807, 2.05) is 0 Å². The summed E-state index contributed by atoms with van der Waals surface area (Å²) >= 11 is 0. The first-order valence-corrected chi connectivity index (χ1v) is 5.23. The SMILES string of the molecule is N#C/C(=N\Nc1cc(F)cc2c1COB2O)C(=N)N. The number of hydrogen-bond donors (Lipinski definition) is 4. The first-order valence-electron chi connectivity index (χ1n) is 5.23. The van der Waals surface area contributed by atoms with Crippen LogP contribution in [0, 0.1) is 22.6 Å². The van der Waals surface area contributed by atoms with Crippen molar-refractivity contribution in [1.29, 1.82) is 10.7 Å². The highest BCUT2D eigenvalue weighted by Crippen LogP contribution is 2.21. The zero-order valence-corrected chi connectivity index (χ0v) is 9.64. The molecule has 0 unspecified atom stereocenters. The number of hydrogen-bond acceptors (Lipinski definition) is 6. The lowest BCUT2D eigenvalue weighted by Gasteiger charge is -2.07. The maximum atomic E-state index is 13.4. The number of nitrogens with zero attached hydrogens (tertiary/aromatic N) is 2. The second-order valence-corrected chi connectivity index (χ2v) is 3.78. The van der Waals surface area contributed by atoms with E-state index in [-0.39, 0.29) is 18.0 Å². The van der Waals surface area contributed by atoms with E-state index in [2.05, 4.69) is 10.5 Å². The van der Waals surface area contributed by atoms with Crippen LogP contribution in [0.3, 0.4) is 0 Å². The van der Waals surface area contributed by atoms with Crippen LogP contribution in [0.1, 0.15) is 5.56 Å². The number of amidine groups is 1. The molecule has 0 bridgehead atoms. The van der Waals surface area contributed by atoms with E-state index in [9.17, 15) is 9.41 Å². The Morgan fingerprint density at radius 3 is 3.05 bits per heavy atom. The maximum Gasteiger partial charge on any atom is 0.491 e. The third-order valence-electron chi connectivity index (χ3n) is 2.55. The fraction of sp³-hybridized carbons (Fsp3) is 0.100. The van der Waals surface area contributed by atoms with Crippen molar-refractivity contribution >= 4 is 29.8 Å². The van der Waals surface area contributed by atoms with Crippen molar-refractivity contribution in [2.24, 2.45) is 10.8 Å². The van der Waals surface area contributed by atoms with Crippen LogP contribution in [0.2, 0.25) is 0 Å². The van der Waals surface area contributed by atoms with Gasteiger partial charge in [-0.3, -0.25) is 10.8 Å². The van der Waals surface area contributed by atoms with E-state index in [1.54, 1.807) is 6.07 Å². The molecule has 0 amide bonds. The van der Waals surface area contributed by atoms with Crippen molar-refractivity contribution in [2.75, 3.05) is 5.43 Å². The Morgan fingerprint density at radius 1 is 1.68 bits per heavy atom. The van der Waals surface area contributed by atoms with E-state index in [1.165, 1.54) is 0 Å². The molecule has 0 fully saturated rings. The van der Waals surface area contributed by atoms with E-state index in [4.69, 9.17) is 21.1 Å². The molecular weight excluding hydrogens is 252 g/mol. The van der Waals surface area contributed by atoms with Crippen molar-refractivity contribution in [3.8, 4) is 6.07 Å². The lowest BCUT2D eigenvalue weighted by molar-refractivity contribution is 0.275. The van der Waals surface area contributed by atoms with Gasteiger partial charge >= 0.3 is 7.12 Å². The summed E-state index contributed by atoms with van der Waals surface area (Å²) in [6.07, 6.45) is 0. The van der Waals surface area contributed by atoms with Gasteiger partial charge in [-0.25, -0.2) is 4.39 Å². The molecule has 0 radical (unpaired) electrons. The van der Waals surface area contributed by atoms with Gasteiger partial charge < -0.3 is 15.4 Å². The van der Waals surface area contributed by atoms with Crippen molar-refractivity contribution in [1.82, 2.24) is 0 Å². The number of nitriles is 1. The molecule has 1 aliphatic heterocycles. The van der Waals surface area contributed by atoms with Gasteiger partial charge in [-0.2, -0.15) is 10.4 Å². The summed E-state index contributed by atoms with van der Waals surface area (Å²) in [6.45, 7) is 0.0938. The average Bonchev–Trinajstić information content (AvgIpc) is 2.71. The molecule has 0 saturated carbocycles. The third kappa shape index (κ3) is 2.54. The quantitative estimate of drug-likeness (QED) is 0.247. The van der Waals surface area contributed by atoms with Crippen LogP contribution in [-0.2, 0) is 11.3 Å². The molecule has 0 atom stereocenters.